The van der Waals surface area contributed by atoms with E-state index in [1.54, 1.807) is 16.8 Å². The minimum absolute atomic E-state index is 0.0828. The Morgan fingerprint density at radius 2 is 1.89 bits per heavy atom. The molecule has 0 saturated heterocycles. The average molecular weight is 367 g/mol. The maximum Gasteiger partial charge on any atom is 0.265 e. The summed E-state index contributed by atoms with van der Waals surface area (Å²) in [5, 5.41) is 0. The van der Waals surface area contributed by atoms with Gasteiger partial charge in [-0.2, -0.15) is 0 Å². The van der Waals surface area contributed by atoms with Crippen LogP contribution >= 0.6 is 31.9 Å². The Kier molecular flexibility index (Phi) is 4.40. The molecule has 18 heavy (non-hydrogen) atoms. The first kappa shape index (κ1) is 13.1. The Labute approximate surface area is 122 Å². The first-order chi connectivity index (χ1) is 8.66. The van der Waals surface area contributed by atoms with Gasteiger partial charge in [0.25, 0.3) is 5.56 Å². The van der Waals surface area contributed by atoms with Crippen LogP contribution in [0.4, 0.5) is 0 Å². The topological polar surface area (TPSA) is 22.0 Å². The lowest BCUT2D eigenvalue weighted by molar-refractivity contribution is 0.787. The van der Waals surface area contributed by atoms with E-state index in [1.807, 2.05) is 30.3 Å². The normalized spacial score (nSPS) is 9.67. The summed E-state index contributed by atoms with van der Waals surface area (Å²) in [7, 11) is 0. The molecule has 0 spiro atoms. The second kappa shape index (κ2) is 6.03. The number of rotatable bonds is 1. The number of nitrogens with zero attached hydrogens (tertiary/aromatic N) is 1. The zero-order valence-electron chi connectivity index (χ0n) is 9.36. The van der Waals surface area contributed by atoms with Crippen LogP contribution in [0.25, 0.3) is 0 Å². The van der Waals surface area contributed by atoms with Crippen LogP contribution < -0.4 is 5.56 Å². The van der Waals surface area contributed by atoms with Crippen LogP contribution in [-0.4, -0.2) is 4.57 Å². The molecule has 0 aliphatic heterocycles. The van der Waals surface area contributed by atoms with E-state index in [2.05, 4.69) is 43.7 Å². The summed E-state index contributed by atoms with van der Waals surface area (Å²) in [5.41, 5.74) is 0.861. The van der Waals surface area contributed by atoms with E-state index in [-0.39, 0.29) is 5.56 Å². The molecule has 4 heteroatoms. The van der Waals surface area contributed by atoms with E-state index in [1.165, 1.54) is 0 Å². The van der Waals surface area contributed by atoms with Gasteiger partial charge in [0.2, 0.25) is 0 Å². The molecular weight excluding hydrogens is 358 g/mol. The van der Waals surface area contributed by atoms with E-state index in [0.717, 1.165) is 10.0 Å². The predicted octanol–water partition coefficient (Wildman–Crippen LogP) is 3.43. The lowest BCUT2D eigenvalue weighted by Gasteiger charge is -2.02. The fourth-order valence-electron chi connectivity index (χ4n) is 1.43. The molecule has 1 aromatic carbocycles. The molecule has 1 heterocycles. The Morgan fingerprint density at radius 1 is 1.17 bits per heavy atom. The van der Waals surface area contributed by atoms with Crippen LogP contribution in [0.3, 0.4) is 0 Å². The van der Waals surface area contributed by atoms with Gasteiger partial charge < -0.3 is 4.57 Å². The number of aromatic nitrogens is 1. The molecule has 0 aliphatic rings. The molecule has 0 atom stereocenters. The SMILES string of the molecule is O=c1c(Br)cc(Br)cn1CC#Cc1ccccc1. The number of hydrogen-bond donors (Lipinski definition) is 0. The number of hydrogen-bond acceptors (Lipinski definition) is 1. The van der Waals surface area contributed by atoms with Gasteiger partial charge in [0.05, 0.1) is 11.0 Å². The van der Waals surface area contributed by atoms with Crippen molar-refractivity contribution in [2.45, 2.75) is 6.54 Å². The van der Waals surface area contributed by atoms with Gasteiger partial charge in [-0.05, 0) is 50.1 Å². The Balaban J connectivity index is 2.22. The van der Waals surface area contributed by atoms with Crippen LogP contribution in [0.2, 0.25) is 0 Å². The van der Waals surface area contributed by atoms with Crippen LogP contribution in [0.5, 0.6) is 0 Å². The van der Waals surface area contributed by atoms with Gasteiger partial charge in [-0.15, -0.1) is 0 Å². The summed E-state index contributed by atoms with van der Waals surface area (Å²) in [6, 6.07) is 11.4. The molecule has 2 aromatic rings. The summed E-state index contributed by atoms with van der Waals surface area (Å²) in [6.07, 6.45) is 1.73. The van der Waals surface area contributed by atoms with Gasteiger partial charge in [-0.25, -0.2) is 0 Å². The first-order valence-electron chi connectivity index (χ1n) is 5.26. The molecule has 0 fully saturated rings. The van der Waals surface area contributed by atoms with E-state index < -0.39 is 0 Å². The van der Waals surface area contributed by atoms with Gasteiger partial charge in [-0.3, -0.25) is 4.79 Å². The molecule has 2 nitrogen and oxygen atoms in total. The third kappa shape index (κ3) is 3.34. The fourth-order valence-corrected chi connectivity index (χ4v) is 2.69. The Bertz CT molecular complexity index is 666. The number of halogens is 2. The minimum atomic E-state index is -0.0828. The lowest BCUT2D eigenvalue weighted by Crippen LogP contribution is -2.19. The van der Waals surface area contributed by atoms with E-state index in [0.29, 0.717) is 11.0 Å². The van der Waals surface area contributed by atoms with Crippen molar-refractivity contribution in [3.05, 3.63) is 67.5 Å². The zero-order valence-corrected chi connectivity index (χ0v) is 12.5. The molecule has 0 aliphatic carbocycles. The number of pyridine rings is 1. The van der Waals surface area contributed by atoms with Crippen molar-refractivity contribution in [1.82, 2.24) is 4.57 Å². The highest BCUT2D eigenvalue weighted by molar-refractivity contribution is 9.11. The van der Waals surface area contributed by atoms with E-state index >= 15 is 0 Å². The highest BCUT2D eigenvalue weighted by Gasteiger charge is 2.01. The molecule has 0 radical (unpaired) electrons. The third-order valence-electron chi connectivity index (χ3n) is 2.26. The largest absolute Gasteiger partial charge is 0.302 e. The molecule has 2 rings (SSSR count). The van der Waals surface area contributed by atoms with Crippen molar-refractivity contribution in [3.63, 3.8) is 0 Å². The van der Waals surface area contributed by atoms with Crippen LogP contribution in [0.1, 0.15) is 5.56 Å². The summed E-state index contributed by atoms with van der Waals surface area (Å²) >= 11 is 6.57. The van der Waals surface area contributed by atoms with Gasteiger partial charge >= 0.3 is 0 Å². The maximum absolute atomic E-state index is 11.8. The van der Waals surface area contributed by atoms with Gasteiger partial charge in [0.15, 0.2) is 0 Å². The molecule has 0 unspecified atom stereocenters. The average Bonchev–Trinajstić information content (AvgIpc) is 2.36. The number of benzene rings is 1. The van der Waals surface area contributed by atoms with Crippen molar-refractivity contribution in [3.8, 4) is 11.8 Å². The minimum Gasteiger partial charge on any atom is -0.302 e. The van der Waals surface area contributed by atoms with Crippen LogP contribution in [0, 0.1) is 11.8 Å². The smallest absolute Gasteiger partial charge is 0.265 e. The van der Waals surface area contributed by atoms with Crippen molar-refractivity contribution in [2.75, 3.05) is 0 Å². The molecule has 1 aromatic heterocycles. The van der Waals surface area contributed by atoms with Gasteiger partial charge in [0.1, 0.15) is 0 Å². The van der Waals surface area contributed by atoms with E-state index in [9.17, 15) is 4.79 Å². The molecule has 0 bridgehead atoms. The molecule has 0 N–H and O–H groups in total. The van der Waals surface area contributed by atoms with Gasteiger partial charge in [0, 0.05) is 16.2 Å². The molecular formula is C14H9Br2NO. The summed E-state index contributed by atoms with van der Waals surface area (Å²) in [5.74, 6) is 6.00. The maximum atomic E-state index is 11.8. The quantitative estimate of drug-likeness (QED) is 0.709. The van der Waals surface area contributed by atoms with Crippen molar-refractivity contribution in [2.24, 2.45) is 0 Å². The fraction of sp³-hybridized carbons (Fsp3) is 0.0714. The highest BCUT2D eigenvalue weighted by atomic mass is 79.9. The Hall–Kier alpha value is -1.31. The molecule has 0 amide bonds. The second-order valence-electron chi connectivity index (χ2n) is 3.61. The lowest BCUT2D eigenvalue weighted by atomic mass is 10.2. The highest BCUT2D eigenvalue weighted by Crippen LogP contribution is 2.12. The van der Waals surface area contributed by atoms with Crippen molar-refractivity contribution in [1.29, 1.82) is 0 Å². The third-order valence-corrected chi connectivity index (χ3v) is 3.27. The van der Waals surface area contributed by atoms with Crippen LogP contribution in [0.15, 0.2) is 56.3 Å². The summed E-state index contributed by atoms with van der Waals surface area (Å²) in [4.78, 5) is 11.8. The van der Waals surface area contributed by atoms with Crippen LogP contribution in [-0.2, 0) is 6.54 Å². The van der Waals surface area contributed by atoms with E-state index in [4.69, 9.17) is 0 Å². The molecule has 90 valence electrons. The summed E-state index contributed by atoms with van der Waals surface area (Å²) in [6.45, 7) is 0.367. The van der Waals surface area contributed by atoms with Crippen molar-refractivity contribution >= 4 is 31.9 Å². The second-order valence-corrected chi connectivity index (χ2v) is 5.38. The predicted molar refractivity (Wildman–Crippen MR) is 79.4 cm³/mol. The monoisotopic (exact) mass is 365 g/mol. The first-order valence-corrected chi connectivity index (χ1v) is 6.85. The summed E-state index contributed by atoms with van der Waals surface area (Å²) < 4.78 is 2.93. The molecule has 0 saturated carbocycles. The standard InChI is InChI=1S/C14H9Br2NO/c15-12-9-13(16)14(18)17(10-12)8-4-7-11-5-2-1-3-6-11/h1-3,5-6,9-10H,8H2. The van der Waals surface area contributed by atoms with Crippen molar-refractivity contribution < 1.29 is 0 Å². The Morgan fingerprint density at radius 3 is 2.61 bits per heavy atom. The zero-order chi connectivity index (χ0) is 13.0. The van der Waals surface area contributed by atoms with Gasteiger partial charge in [-0.1, -0.05) is 30.0 Å².